The number of hydrogen-bond acceptors (Lipinski definition) is 4. The van der Waals surface area contributed by atoms with Crippen LogP contribution in [0.5, 0.6) is 11.5 Å². The van der Waals surface area contributed by atoms with E-state index in [1.54, 1.807) is 33.4 Å². The van der Waals surface area contributed by atoms with Crippen molar-refractivity contribution < 1.29 is 14.3 Å². The lowest BCUT2D eigenvalue weighted by Crippen LogP contribution is -2.31. The highest BCUT2D eigenvalue weighted by atomic mass is 16.5. The number of carbonyl (C=O) groups is 1. The summed E-state index contributed by atoms with van der Waals surface area (Å²) < 4.78 is 10.5. The molecule has 0 aliphatic carbocycles. The third-order valence-electron chi connectivity index (χ3n) is 3.80. The van der Waals surface area contributed by atoms with E-state index >= 15 is 0 Å². The average Bonchev–Trinajstić information content (AvgIpc) is 2.70. The van der Waals surface area contributed by atoms with Crippen LogP contribution in [0.2, 0.25) is 0 Å². The largest absolute Gasteiger partial charge is 0.493 e. The number of amides is 1. The van der Waals surface area contributed by atoms with Gasteiger partial charge in [-0.15, -0.1) is 0 Å². The summed E-state index contributed by atoms with van der Waals surface area (Å²) >= 11 is 0. The quantitative estimate of drug-likeness (QED) is 0.518. The number of ether oxygens (including phenoxy) is 2. The van der Waals surface area contributed by atoms with E-state index in [0.29, 0.717) is 36.1 Å². The molecule has 2 aromatic rings. The fourth-order valence-electron chi connectivity index (χ4n) is 2.32. The molecule has 4 N–H and O–H groups in total. The lowest BCUT2D eigenvalue weighted by molar-refractivity contribution is 0.0963. The van der Waals surface area contributed by atoms with Gasteiger partial charge in [-0.05, 0) is 35.4 Å². The maximum atomic E-state index is 11.5. The molecule has 138 valence electrons. The topological polar surface area (TPSA) is 98.0 Å². The molecule has 1 amide bonds. The van der Waals surface area contributed by atoms with Crippen molar-refractivity contribution in [3.63, 3.8) is 0 Å². The molecule has 7 heteroatoms. The standard InChI is InChI=1S/C19H24N4O3/c1-21-18(24)15-7-4-13(5-8-15)11-22-19(20)23-12-14-6-9-16(25-2)17(10-14)26-3/h4-10H,11-12H2,1-3H3,(H,21,24)(H3,20,22,23). The zero-order valence-electron chi connectivity index (χ0n) is 15.2. The zero-order valence-corrected chi connectivity index (χ0v) is 15.2. The maximum absolute atomic E-state index is 11.5. The summed E-state index contributed by atoms with van der Waals surface area (Å²) in [5.41, 5.74) is 8.49. The van der Waals surface area contributed by atoms with Crippen molar-refractivity contribution in [3.05, 3.63) is 59.2 Å². The molecular formula is C19H24N4O3. The smallest absolute Gasteiger partial charge is 0.251 e. The molecule has 0 atom stereocenters. The van der Waals surface area contributed by atoms with Gasteiger partial charge in [0.1, 0.15) is 0 Å². The second-order valence-electron chi connectivity index (χ2n) is 5.52. The van der Waals surface area contributed by atoms with E-state index in [0.717, 1.165) is 11.1 Å². The average molecular weight is 356 g/mol. The van der Waals surface area contributed by atoms with Gasteiger partial charge in [-0.3, -0.25) is 4.79 Å². The summed E-state index contributed by atoms with van der Waals surface area (Å²) in [6.07, 6.45) is 0. The predicted octanol–water partition coefficient (Wildman–Crippen LogP) is 1.67. The van der Waals surface area contributed by atoms with Crippen LogP contribution in [-0.2, 0) is 13.1 Å². The van der Waals surface area contributed by atoms with E-state index in [1.165, 1.54) is 0 Å². The number of rotatable bonds is 7. The lowest BCUT2D eigenvalue weighted by Gasteiger charge is -2.09. The van der Waals surface area contributed by atoms with Gasteiger partial charge in [-0.25, -0.2) is 4.99 Å². The van der Waals surface area contributed by atoms with Crippen LogP contribution in [0.1, 0.15) is 21.5 Å². The fraction of sp³-hybridized carbons (Fsp3) is 0.263. The van der Waals surface area contributed by atoms with Crippen molar-refractivity contribution in [3.8, 4) is 11.5 Å². The zero-order chi connectivity index (χ0) is 18.9. The minimum Gasteiger partial charge on any atom is -0.493 e. The molecule has 0 aromatic heterocycles. The van der Waals surface area contributed by atoms with Gasteiger partial charge in [-0.2, -0.15) is 0 Å². The van der Waals surface area contributed by atoms with E-state index in [2.05, 4.69) is 15.6 Å². The first-order valence-electron chi connectivity index (χ1n) is 8.13. The molecule has 0 radical (unpaired) electrons. The molecule has 0 saturated heterocycles. The first-order chi connectivity index (χ1) is 12.6. The molecule has 0 saturated carbocycles. The number of nitrogens with two attached hydrogens (primary N) is 1. The molecule has 0 unspecified atom stereocenters. The van der Waals surface area contributed by atoms with Crippen LogP contribution in [0, 0.1) is 0 Å². The second kappa shape index (κ2) is 9.31. The van der Waals surface area contributed by atoms with Crippen molar-refractivity contribution in [1.82, 2.24) is 10.6 Å². The number of nitrogens with one attached hydrogen (secondary N) is 2. The Hall–Kier alpha value is -3.22. The second-order valence-corrected chi connectivity index (χ2v) is 5.52. The van der Waals surface area contributed by atoms with Gasteiger partial charge in [0.25, 0.3) is 5.91 Å². The Balaban J connectivity index is 1.91. The van der Waals surface area contributed by atoms with Gasteiger partial charge in [0.2, 0.25) is 0 Å². The highest BCUT2D eigenvalue weighted by Gasteiger charge is 2.05. The molecule has 0 bridgehead atoms. The van der Waals surface area contributed by atoms with Crippen molar-refractivity contribution in [2.24, 2.45) is 10.7 Å². The first kappa shape index (κ1) is 19.1. The van der Waals surface area contributed by atoms with Crippen molar-refractivity contribution >= 4 is 11.9 Å². The predicted molar refractivity (Wildman–Crippen MR) is 102 cm³/mol. The van der Waals surface area contributed by atoms with Gasteiger partial charge in [-0.1, -0.05) is 18.2 Å². The number of hydrogen-bond donors (Lipinski definition) is 3. The number of methoxy groups -OCH3 is 2. The Labute approximate surface area is 153 Å². The summed E-state index contributed by atoms with van der Waals surface area (Å²) in [5.74, 6) is 1.56. The fourth-order valence-corrected chi connectivity index (χ4v) is 2.32. The number of carbonyl (C=O) groups excluding carboxylic acids is 1. The molecule has 2 rings (SSSR count). The van der Waals surface area contributed by atoms with E-state index in [4.69, 9.17) is 15.2 Å². The number of aliphatic imine (C=N–C) groups is 1. The molecule has 0 aliphatic heterocycles. The molecule has 0 aliphatic rings. The van der Waals surface area contributed by atoms with Gasteiger partial charge < -0.3 is 25.8 Å². The SMILES string of the molecule is CNC(=O)c1ccc(CNC(N)=NCc2ccc(OC)c(OC)c2)cc1. The van der Waals surface area contributed by atoms with Crippen LogP contribution in [0.25, 0.3) is 0 Å². The Morgan fingerprint density at radius 1 is 1.04 bits per heavy atom. The monoisotopic (exact) mass is 356 g/mol. The van der Waals surface area contributed by atoms with Crippen LogP contribution < -0.4 is 25.8 Å². The van der Waals surface area contributed by atoms with E-state index in [-0.39, 0.29) is 5.91 Å². The van der Waals surface area contributed by atoms with Gasteiger partial charge in [0.05, 0.1) is 20.8 Å². The van der Waals surface area contributed by atoms with Crippen LogP contribution in [0.3, 0.4) is 0 Å². The van der Waals surface area contributed by atoms with Crippen LogP contribution in [0.4, 0.5) is 0 Å². The number of nitrogens with zero attached hydrogens (tertiary/aromatic N) is 1. The molecule has 26 heavy (non-hydrogen) atoms. The summed E-state index contributed by atoms with van der Waals surface area (Å²) in [6.45, 7) is 0.948. The summed E-state index contributed by atoms with van der Waals surface area (Å²) in [4.78, 5) is 15.8. The van der Waals surface area contributed by atoms with Gasteiger partial charge in [0, 0.05) is 19.2 Å². The van der Waals surface area contributed by atoms with Crippen LogP contribution in [0.15, 0.2) is 47.5 Å². The molecule has 0 fully saturated rings. The van der Waals surface area contributed by atoms with Crippen molar-refractivity contribution in [2.75, 3.05) is 21.3 Å². The van der Waals surface area contributed by atoms with Crippen molar-refractivity contribution in [2.45, 2.75) is 13.1 Å². The molecule has 7 nitrogen and oxygen atoms in total. The number of guanidine groups is 1. The third kappa shape index (κ3) is 5.14. The Kier molecular flexibility index (Phi) is 6.84. The Morgan fingerprint density at radius 3 is 2.31 bits per heavy atom. The Bertz CT molecular complexity index is 773. The van der Waals surface area contributed by atoms with Crippen LogP contribution in [-0.4, -0.2) is 33.1 Å². The minimum absolute atomic E-state index is 0.111. The summed E-state index contributed by atoms with van der Waals surface area (Å²) in [6, 6.07) is 12.9. The molecule has 2 aromatic carbocycles. The van der Waals surface area contributed by atoms with Crippen molar-refractivity contribution in [1.29, 1.82) is 0 Å². The van der Waals surface area contributed by atoms with Gasteiger partial charge >= 0.3 is 0 Å². The lowest BCUT2D eigenvalue weighted by atomic mass is 10.1. The molecular weight excluding hydrogens is 332 g/mol. The highest BCUT2D eigenvalue weighted by molar-refractivity contribution is 5.93. The Morgan fingerprint density at radius 2 is 1.69 bits per heavy atom. The normalized spacial score (nSPS) is 11.0. The molecule has 0 spiro atoms. The summed E-state index contributed by atoms with van der Waals surface area (Å²) in [5, 5.41) is 5.64. The minimum atomic E-state index is -0.111. The van der Waals surface area contributed by atoms with E-state index in [1.807, 2.05) is 30.3 Å². The third-order valence-corrected chi connectivity index (χ3v) is 3.80. The highest BCUT2D eigenvalue weighted by Crippen LogP contribution is 2.27. The molecule has 0 heterocycles. The number of benzene rings is 2. The summed E-state index contributed by atoms with van der Waals surface area (Å²) in [7, 11) is 4.79. The van der Waals surface area contributed by atoms with Gasteiger partial charge in [0.15, 0.2) is 17.5 Å². The van der Waals surface area contributed by atoms with Crippen LogP contribution >= 0.6 is 0 Å². The maximum Gasteiger partial charge on any atom is 0.251 e. The first-order valence-corrected chi connectivity index (χ1v) is 8.13. The van der Waals surface area contributed by atoms with E-state index in [9.17, 15) is 4.79 Å². The van der Waals surface area contributed by atoms with E-state index < -0.39 is 0 Å².